The summed E-state index contributed by atoms with van der Waals surface area (Å²) >= 11 is 5.55. The number of rotatable bonds is 6. The fraction of sp³-hybridized carbons (Fsp3) is 0.385. The van der Waals surface area contributed by atoms with Gasteiger partial charge >= 0.3 is 5.97 Å². The third kappa shape index (κ3) is 4.44. The minimum atomic E-state index is -0.475. The summed E-state index contributed by atoms with van der Waals surface area (Å²) in [6.07, 6.45) is 0. The first-order valence-corrected chi connectivity index (χ1v) is 6.31. The Morgan fingerprint density at radius 1 is 1.26 bits per heavy atom. The van der Waals surface area contributed by atoms with Gasteiger partial charge in [-0.05, 0) is 31.2 Å². The first-order chi connectivity index (χ1) is 9.12. The predicted molar refractivity (Wildman–Crippen MR) is 72.7 cm³/mol. The summed E-state index contributed by atoms with van der Waals surface area (Å²) in [5.74, 6) is -0.374. The van der Waals surface area contributed by atoms with Crippen molar-refractivity contribution >= 4 is 29.2 Å². The molecule has 0 bridgehead atoms. The lowest BCUT2D eigenvalue weighted by Crippen LogP contribution is -2.37. The van der Waals surface area contributed by atoms with Crippen LogP contribution in [0.3, 0.4) is 0 Å². The van der Waals surface area contributed by atoms with Crippen LogP contribution in [0.1, 0.15) is 6.92 Å². The monoisotopic (exact) mass is 285 g/mol. The summed E-state index contributed by atoms with van der Waals surface area (Å²) in [5, 5.41) is 0. The first-order valence-electron chi connectivity index (χ1n) is 5.78. The molecule has 5 nitrogen and oxygen atoms in total. The maximum atomic E-state index is 11.8. The quantitative estimate of drug-likeness (QED) is 0.591. The molecule has 0 aliphatic carbocycles. The highest BCUT2D eigenvalue weighted by atomic mass is 35.5. The Bertz CT molecular complexity index is 433. The summed E-state index contributed by atoms with van der Waals surface area (Å²) in [4.78, 5) is 24.5. The number of hydrogen-bond donors (Lipinski definition) is 0. The van der Waals surface area contributed by atoms with E-state index in [0.29, 0.717) is 11.4 Å². The van der Waals surface area contributed by atoms with Crippen molar-refractivity contribution in [1.82, 2.24) is 0 Å². The number of halogens is 1. The van der Waals surface area contributed by atoms with Crippen molar-refractivity contribution in [3.63, 3.8) is 0 Å². The minimum Gasteiger partial charge on any atom is -0.497 e. The van der Waals surface area contributed by atoms with E-state index in [0.717, 1.165) is 0 Å². The van der Waals surface area contributed by atoms with E-state index in [4.69, 9.17) is 21.1 Å². The Balaban J connectivity index is 2.89. The second-order valence-corrected chi connectivity index (χ2v) is 3.88. The molecule has 0 N–H and O–H groups in total. The Morgan fingerprint density at radius 2 is 1.89 bits per heavy atom. The van der Waals surface area contributed by atoms with Crippen LogP contribution in [0, 0.1) is 0 Å². The molecule has 0 saturated carbocycles. The van der Waals surface area contributed by atoms with Crippen LogP contribution in [-0.2, 0) is 14.3 Å². The largest absolute Gasteiger partial charge is 0.497 e. The van der Waals surface area contributed by atoms with E-state index in [9.17, 15) is 9.59 Å². The van der Waals surface area contributed by atoms with Gasteiger partial charge in [-0.2, -0.15) is 0 Å². The third-order valence-electron chi connectivity index (χ3n) is 2.39. The van der Waals surface area contributed by atoms with Crippen molar-refractivity contribution in [2.24, 2.45) is 0 Å². The molecular weight excluding hydrogens is 270 g/mol. The first kappa shape index (κ1) is 15.3. The van der Waals surface area contributed by atoms with Gasteiger partial charge in [-0.25, -0.2) is 0 Å². The van der Waals surface area contributed by atoms with E-state index >= 15 is 0 Å². The molecule has 104 valence electrons. The van der Waals surface area contributed by atoms with Crippen LogP contribution in [0.5, 0.6) is 5.75 Å². The lowest BCUT2D eigenvalue weighted by Gasteiger charge is -2.21. The van der Waals surface area contributed by atoms with Gasteiger partial charge in [0.05, 0.1) is 13.7 Å². The standard InChI is InChI=1S/C13H16ClNO4/c1-3-19-13(17)9-15(12(16)8-14)10-4-6-11(18-2)7-5-10/h4-7H,3,8-9H2,1-2H3. The van der Waals surface area contributed by atoms with Gasteiger partial charge in [0.2, 0.25) is 5.91 Å². The second kappa shape index (κ2) is 7.63. The van der Waals surface area contributed by atoms with E-state index in [-0.39, 0.29) is 24.9 Å². The molecule has 6 heteroatoms. The summed E-state index contributed by atoms with van der Waals surface area (Å²) < 4.78 is 9.87. The number of hydrogen-bond acceptors (Lipinski definition) is 4. The van der Waals surface area contributed by atoms with E-state index < -0.39 is 5.97 Å². The van der Waals surface area contributed by atoms with Crippen molar-refractivity contribution in [1.29, 1.82) is 0 Å². The molecule has 0 radical (unpaired) electrons. The van der Waals surface area contributed by atoms with Gasteiger partial charge < -0.3 is 14.4 Å². The average Bonchev–Trinajstić information content (AvgIpc) is 2.44. The number of alkyl halides is 1. The van der Waals surface area contributed by atoms with Gasteiger partial charge in [0.25, 0.3) is 0 Å². The van der Waals surface area contributed by atoms with Crippen LogP contribution in [-0.4, -0.2) is 38.0 Å². The number of carbonyl (C=O) groups is 2. The van der Waals surface area contributed by atoms with Crippen LogP contribution in [0.4, 0.5) is 5.69 Å². The van der Waals surface area contributed by atoms with Crippen LogP contribution in [0.15, 0.2) is 24.3 Å². The van der Waals surface area contributed by atoms with Crippen molar-refractivity contribution < 1.29 is 19.1 Å². The average molecular weight is 286 g/mol. The van der Waals surface area contributed by atoms with E-state index in [1.165, 1.54) is 4.90 Å². The van der Waals surface area contributed by atoms with E-state index in [1.54, 1.807) is 38.3 Å². The summed E-state index contributed by atoms with van der Waals surface area (Å²) in [6.45, 7) is 1.81. The van der Waals surface area contributed by atoms with Crippen LogP contribution < -0.4 is 9.64 Å². The van der Waals surface area contributed by atoms with Crippen LogP contribution in [0.2, 0.25) is 0 Å². The molecule has 1 rings (SSSR count). The third-order valence-corrected chi connectivity index (χ3v) is 2.62. The zero-order chi connectivity index (χ0) is 14.3. The van der Waals surface area contributed by atoms with Gasteiger partial charge in [0, 0.05) is 5.69 Å². The number of carbonyl (C=O) groups excluding carboxylic acids is 2. The highest BCUT2D eigenvalue weighted by molar-refractivity contribution is 6.29. The Labute approximate surface area is 117 Å². The molecule has 0 aliphatic rings. The number of esters is 1. The maximum Gasteiger partial charge on any atom is 0.326 e. The zero-order valence-electron chi connectivity index (χ0n) is 10.9. The molecule has 0 aliphatic heterocycles. The Hall–Kier alpha value is -1.75. The SMILES string of the molecule is CCOC(=O)CN(C(=O)CCl)c1ccc(OC)cc1. The molecule has 0 saturated heterocycles. The molecule has 19 heavy (non-hydrogen) atoms. The molecule has 0 heterocycles. The number of benzene rings is 1. The van der Waals surface area contributed by atoms with Gasteiger partial charge in [-0.3, -0.25) is 9.59 Å². The fourth-order valence-electron chi connectivity index (χ4n) is 1.49. The lowest BCUT2D eigenvalue weighted by molar-refractivity contribution is -0.142. The second-order valence-electron chi connectivity index (χ2n) is 3.62. The molecule has 1 aromatic rings. The topological polar surface area (TPSA) is 55.8 Å². The molecule has 1 amide bonds. The molecule has 0 spiro atoms. The van der Waals surface area contributed by atoms with Gasteiger partial charge in [0.15, 0.2) is 0 Å². The van der Waals surface area contributed by atoms with E-state index in [1.807, 2.05) is 0 Å². The van der Waals surface area contributed by atoms with Crippen LogP contribution in [0.25, 0.3) is 0 Å². The molecule has 0 aromatic heterocycles. The molecular formula is C13H16ClNO4. The number of anilines is 1. The normalized spacial score (nSPS) is 9.84. The molecule has 1 aromatic carbocycles. The molecule has 0 unspecified atom stereocenters. The Morgan fingerprint density at radius 3 is 2.37 bits per heavy atom. The highest BCUT2D eigenvalue weighted by Gasteiger charge is 2.19. The van der Waals surface area contributed by atoms with E-state index in [2.05, 4.69) is 0 Å². The van der Waals surface area contributed by atoms with Gasteiger partial charge in [-0.15, -0.1) is 11.6 Å². The molecule has 0 fully saturated rings. The Kier molecular flexibility index (Phi) is 6.15. The van der Waals surface area contributed by atoms with Gasteiger partial charge in [0.1, 0.15) is 18.2 Å². The van der Waals surface area contributed by atoms with Crippen molar-refractivity contribution in [3.05, 3.63) is 24.3 Å². The number of nitrogens with zero attached hydrogens (tertiary/aromatic N) is 1. The number of methoxy groups -OCH3 is 1. The summed E-state index contributed by atoms with van der Waals surface area (Å²) in [7, 11) is 1.55. The fourth-order valence-corrected chi connectivity index (χ4v) is 1.64. The van der Waals surface area contributed by atoms with Gasteiger partial charge in [-0.1, -0.05) is 0 Å². The summed E-state index contributed by atoms with van der Waals surface area (Å²) in [5.41, 5.74) is 0.569. The minimum absolute atomic E-state index is 0.161. The van der Waals surface area contributed by atoms with Crippen molar-refractivity contribution in [3.8, 4) is 5.75 Å². The van der Waals surface area contributed by atoms with Crippen molar-refractivity contribution in [2.45, 2.75) is 6.92 Å². The smallest absolute Gasteiger partial charge is 0.326 e. The molecule has 0 atom stereocenters. The summed E-state index contributed by atoms with van der Waals surface area (Å²) in [6, 6.07) is 6.77. The zero-order valence-corrected chi connectivity index (χ0v) is 11.6. The highest BCUT2D eigenvalue weighted by Crippen LogP contribution is 2.19. The predicted octanol–water partition coefficient (Wildman–Crippen LogP) is 1.83. The maximum absolute atomic E-state index is 11.8. The lowest BCUT2D eigenvalue weighted by atomic mass is 10.2. The number of ether oxygens (including phenoxy) is 2. The number of amides is 1. The van der Waals surface area contributed by atoms with Crippen molar-refractivity contribution in [2.75, 3.05) is 31.0 Å². The van der Waals surface area contributed by atoms with Crippen LogP contribution >= 0.6 is 11.6 Å².